The highest BCUT2D eigenvalue weighted by atomic mass is 16.5. The average Bonchev–Trinajstić information content (AvgIpc) is 3.22. The van der Waals surface area contributed by atoms with Crippen molar-refractivity contribution < 1.29 is 9.47 Å². The summed E-state index contributed by atoms with van der Waals surface area (Å²) in [5.74, 6) is 1.99. The average molecular weight is 361 g/mol. The fourth-order valence-electron chi connectivity index (χ4n) is 4.23. The molecular formula is C22H23N3O2. The number of fused-ring (bicyclic) bond motifs is 2. The largest absolute Gasteiger partial charge is 0.497 e. The van der Waals surface area contributed by atoms with Gasteiger partial charge in [-0.3, -0.25) is 0 Å². The number of hydrogen-bond donors (Lipinski definition) is 0. The van der Waals surface area contributed by atoms with Gasteiger partial charge in [0.05, 0.1) is 13.7 Å². The molecule has 27 heavy (non-hydrogen) atoms. The third kappa shape index (κ3) is 3.02. The lowest BCUT2D eigenvalue weighted by atomic mass is 10.0. The monoisotopic (exact) mass is 361 g/mol. The summed E-state index contributed by atoms with van der Waals surface area (Å²) in [5, 5.41) is 2.39. The van der Waals surface area contributed by atoms with Gasteiger partial charge in [-0.05, 0) is 53.8 Å². The van der Waals surface area contributed by atoms with E-state index in [0.717, 1.165) is 37.5 Å². The summed E-state index contributed by atoms with van der Waals surface area (Å²) in [5.41, 5.74) is 3.77. The van der Waals surface area contributed by atoms with E-state index < -0.39 is 0 Å². The maximum atomic E-state index is 6.12. The van der Waals surface area contributed by atoms with Gasteiger partial charge in [-0.15, -0.1) is 0 Å². The molecule has 0 radical (unpaired) electrons. The number of hydrogen-bond acceptors (Lipinski definition) is 5. The molecule has 1 aliphatic carbocycles. The molecular weight excluding hydrogens is 338 g/mol. The predicted octanol–water partition coefficient (Wildman–Crippen LogP) is 3.71. The Bertz CT molecular complexity index is 988. The van der Waals surface area contributed by atoms with Gasteiger partial charge in [0, 0.05) is 24.3 Å². The van der Waals surface area contributed by atoms with Crippen LogP contribution in [0.1, 0.15) is 29.3 Å². The van der Waals surface area contributed by atoms with E-state index in [2.05, 4.69) is 45.2 Å². The lowest BCUT2D eigenvalue weighted by molar-refractivity contribution is 0.0395. The Labute approximate surface area is 159 Å². The summed E-state index contributed by atoms with van der Waals surface area (Å²) >= 11 is 0. The van der Waals surface area contributed by atoms with E-state index in [0.29, 0.717) is 6.61 Å². The third-order valence-electron chi connectivity index (χ3n) is 5.66. The van der Waals surface area contributed by atoms with E-state index in [1.165, 1.54) is 34.0 Å². The van der Waals surface area contributed by atoms with Gasteiger partial charge in [-0.25, -0.2) is 9.97 Å². The Morgan fingerprint density at radius 1 is 1.07 bits per heavy atom. The van der Waals surface area contributed by atoms with Crippen molar-refractivity contribution in [1.82, 2.24) is 9.97 Å². The number of rotatable bonds is 3. The van der Waals surface area contributed by atoms with Crippen molar-refractivity contribution in [2.75, 3.05) is 31.7 Å². The van der Waals surface area contributed by atoms with Crippen LogP contribution in [0.4, 0.5) is 5.82 Å². The Hall–Kier alpha value is -2.66. The lowest BCUT2D eigenvalue weighted by Gasteiger charge is -2.35. The number of aryl methyl sites for hydroxylation is 1. The number of aromatic nitrogens is 2. The van der Waals surface area contributed by atoms with Crippen molar-refractivity contribution in [1.29, 1.82) is 0 Å². The zero-order valence-corrected chi connectivity index (χ0v) is 15.5. The second-order valence-corrected chi connectivity index (χ2v) is 7.25. The van der Waals surface area contributed by atoms with Gasteiger partial charge in [0.2, 0.25) is 0 Å². The van der Waals surface area contributed by atoms with Crippen LogP contribution in [0.2, 0.25) is 0 Å². The Morgan fingerprint density at radius 3 is 2.89 bits per heavy atom. The van der Waals surface area contributed by atoms with Crippen molar-refractivity contribution in [2.24, 2.45) is 0 Å². The van der Waals surface area contributed by atoms with Crippen LogP contribution in [-0.4, -0.2) is 36.8 Å². The zero-order chi connectivity index (χ0) is 18.2. The minimum atomic E-state index is 0.0530. The van der Waals surface area contributed by atoms with Gasteiger partial charge in [-0.1, -0.05) is 18.2 Å². The number of methoxy groups -OCH3 is 1. The Balaban J connectivity index is 1.43. The fraction of sp³-hybridized carbons (Fsp3) is 0.364. The molecule has 0 saturated carbocycles. The molecule has 1 atom stereocenters. The smallest absolute Gasteiger partial charge is 0.135 e. The molecule has 138 valence electrons. The van der Waals surface area contributed by atoms with Crippen molar-refractivity contribution in [3.63, 3.8) is 0 Å². The molecule has 1 unspecified atom stereocenters. The molecule has 2 aliphatic rings. The minimum Gasteiger partial charge on any atom is -0.497 e. The molecule has 2 aromatic carbocycles. The maximum absolute atomic E-state index is 6.12. The molecule has 0 amide bonds. The molecule has 1 fully saturated rings. The van der Waals surface area contributed by atoms with Gasteiger partial charge < -0.3 is 14.4 Å². The first kappa shape index (κ1) is 16.5. The number of ether oxygens (including phenoxy) is 2. The topological polar surface area (TPSA) is 47.5 Å². The van der Waals surface area contributed by atoms with Crippen LogP contribution in [0.3, 0.4) is 0 Å². The predicted molar refractivity (Wildman–Crippen MR) is 105 cm³/mol. The van der Waals surface area contributed by atoms with Crippen LogP contribution in [0.5, 0.6) is 5.75 Å². The highest BCUT2D eigenvalue weighted by molar-refractivity contribution is 5.84. The maximum Gasteiger partial charge on any atom is 0.135 e. The van der Waals surface area contributed by atoms with E-state index in [-0.39, 0.29) is 6.10 Å². The highest BCUT2D eigenvalue weighted by Crippen LogP contribution is 2.32. The van der Waals surface area contributed by atoms with Gasteiger partial charge in [0.1, 0.15) is 24.0 Å². The standard InChI is InChI=1S/C22H23N3O2/c1-26-18-8-7-15-11-17(6-5-16(15)12-18)21-13-25(9-10-27-21)22-19-3-2-4-20(19)23-14-24-22/h5-8,11-12,14,21H,2-4,9-10,13H2,1H3. The molecule has 1 aromatic heterocycles. The zero-order valence-electron chi connectivity index (χ0n) is 15.5. The molecule has 5 rings (SSSR count). The normalized spacial score (nSPS) is 19.3. The van der Waals surface area contributed by atoms with E-state index >= 15 is 0 Å². The summed E-state index contributed by atoms with van der Waals surface area (Å²) in [6.07, 6.45) is 5.12. The van der Waals surface area contributed by atoms with Crippen molar-refractivity contribution in [3.8, 4) is 5.75 Å². The molecule has 3 aromatic rings. The molecule has 0 N–H and O–H groups in total. The summed E-state index contributed by atoms with van der Waals surface area (Å²) in [4.78, 5) is 11.5. The Kier molecular flexibility index (Phi) is 4.17. The van der Waals surface area contributed by atoms with Crippen LogP contribution < -0.4 is 9.64 Å². The number of anilines is 1. The van der Waals surface area contributed by atoms with Crippen LogP contribution in [0.25, 0.3) is 10.8 Å². The van der Waals surface area contributed by atoms with Crippen LogP contribution in [-0.2, 0) is 17.6 Å². The SMILES string of the molecule is COc1ccc2cc(C3CN(c4ncnc5c4CCC5)CCO3)ccc2c1. The van der Waals surface area contributed by atoms with Crippen molar-refractivity contribution in [3.05, 3.63) is 59.5 Å². The van der Waals surface area contributed by atoms with Crippen LogP contribution in [0, 0.1) is 0 Å². The van der Waals surface area contributed by atoms with E-state index in [4.69, 9.17) is 9.47 Å². The Morgan fingerprint density at radius 2 is 1.96 bits per heavy atom. The van der Waals surface area contributed by atoms with Crippen molar-refractivity contribution in [2.45, 2.75) is 25.4 Å². The summed E-state index contributed by atoms with van der Waals surface area (Å²) < 4.78 is 11.4. The summed E-state index contributed by atoms with van der Waals surface area (Å²) in [6.45, 7) is 2.42. The van der Waals surface area contributed by atoms with E-state index in [1.54, 1.807) is 13.4 Å². The van der Waals surface area contributed by atoms with Crippen LogP contribution in [0.15, 0.2) is 42.7 Å². The lowest BCUT2D eigenvalue weighted by Crippen LogP contribution is -2.39. The second-order valence-electron chi connectivity index (χ2n) is 7.25. The van der Waals surface area contributed by atoms with Gasteiger partial charge in [0.25, 0.3) is 0 Å². The number of morpholine rings is 1. The molecule has 0 bridgehead atoms. The van der Waals surface area contributed by atoms with Crippen molar-refractivity contribution >= 4 is 16.6 Å². The van der Waals surface area contributed by atoms with E-state index in [1.807, 2.05) is 6.07 Å². The first-order valence-corrected chi connectivity index (χ1v) is 9.59. The number of nitrogens with zero attached hydrogens (tertiary/aromatic N) is 3. The molecule has 2 heterocycles. The third-order valence-corrected chi connectivity index (χ3v) is 5.66. The number of benzene rings is 2. The summed E-state index contributed by atoms with van der Waals surface area (Å²) in [7, 11) is 1.70. The first-order chi connectivity index (χ1) is 13.3. The minimum absolute atomic E-state index is 0.0530. The summed E-state index contributed by atoms with van der Waals surface area (Å²) in [6, 6.07) is 12.7. The molecule has 1 aliphatic heterocycles. The van der Waals surface area contributed by atoms with E-state index in [9.17, 15) is 0 Å². The fourth-order valence-corrected chi connectivity index (χ4v) is 4.23. The van der Waals surface area contributed by atoms with Gasteiger partial charge in [-0.2, -0.15) is 0 Å². The first-order valence-electron chi connectivity index (χ1n) is 9.59. The molecule has 5 heteroatoms. The molecule has 5 nitrogen and oxygen atoms in total. The molecule has 1 saturated heterocycles. The van der Waals surface area contributed by atoms with Gasteiger partial charge in [0.15, 0.2) is 0 Å². The quantitative estimate of drug-likeness (QED) is 0.712. The molecule has 0 spiro atoms. The van der Waals surface area contributed by atoms with Gasteiger partial charge >= 0.3 is 0 Å². The second kappa shape index (κ2) is 6.82. The van der Waals surface area contributed by atoms with Crippen LogP contribution >= 0.6 is 0 Å². The highest BCUT2D eigenvalue weighted by Gasteiger charge is 2.27.